The van der Waals surface area contributed by atoms with Crippen LogP contribution in [0.15, 0.2) is 31.0 Å². The van der Waals surface area contributed by atoms with E-state index in [9.17, 15) is 0 Å². The summed E-state index contributed by atoms with van der Waals surface area (Å²) in [7, 11) is 0. The summed E-state index contributed by atoms with van der Waals surface area (Å²) >= 11 is 6.20. The van der Waals surface area contributed by atoms with Gasteiger partial charge in [-0.2, -0.15) is 0 Å². The fourth-order valence-corrected chi connectivity index (χ4v) is 2.18. The molecule has 0 aliphatic rings. The number of halogens is 1. The van der Waals surface area contributed by atoms with Crippen molar-refractivity contribution in [1.29, 1.82) is 0 Å². The Labute approximate surface area is 99.8 Å². The van der Waals surface area contributed by atoms with Gasteiger partial charge in [-0.25, -0.2) is 0 Å². The van der Waals surface area contributed by atoms with Crippen molar-refractivity contribution in [2.24, 2.45) is 0 Å². The molecule has 0 radical (unpaired) electrons. The van der Waals surface area contributed by atoms with Gasteiger partial charge in [0.15, 0.2) is 0 Å². The van der Waals surface area contributed by atoms with E-state index in [4.69, 9.17) is 16.7 Å². The molecule has 0 spiro atoms. The van der Waals surface area contributed by atoms with Gasteiger partial charge in [0, 0.05) is 30.5 Å². The molecule has 0 bridgehead atoms. The monoisotopic (exact) mass is 235 g/mol. The van der Waals surface area contributed by atoms with Gasteiger partial charge in [0.05, 0.1) is 10.5 Å². The molecule has 1 N–H and O–H groups in total. The van der Waals surface area contributed by atoms with E-state index in [2.05, 4.69) is 6.58 Å². The van der Waals surface area contributed by atoms with Crippen LogP contribution in [0.1, 0.15) is 18.2 Å². The highest BCUT2D eigenvalue weighted by molar-refractivity contribution is 6.34. The molecule has 2 rings (SSSR count). The summed E-state index contributed by atoms with van der Waals surface area (Å²) in [6.45, 7) is 6.05. The number of nitrogens with zero attached hydrogens (tertiary/aromatic N) is 1. The number of aromatic nitrogens is 1. The van der Waals surface area contributed by atoms with Crippen LogP contribution in [-0.2, 0) is 6.42 Å². The standard InChI is InChI=1S/C13H14ClNO/c1-9(2)11-8-10(5-7-16)15-6-3-4-12(14)13(11)15/h3-4,6,8,16H,1,5,7H2,2H3. The molecule has 0 unspecified atom stereocenters. The first kappa shape index (κ1) is 11.2. The van der Waals surface area contributed by atoms with Crippen LogP contribution in [-0.4, -0.2) is 16.1 Å². The van der Waals surface area contributed by atoms with Crippen molar-refractivity contribution >= 4 is 22.7 Å². The van der Waals surface area contributed by atoms with Gasteiger partial charge >= 0.3 is 0 Å². The largest absolute Gasteiger partial charge is 0.396 e. The van der Waals surface area contributed by atoms with E-state index in [0.717, 1.165) is 22.3 Å². The highest BCUT2D eigenvalue weighted by Crippen LogP contribution is 2.29. The summed E-state index contributed by atoms with van der Waals surface area (Å²) in [5.74, 6) is 0. The lowest BCUT2D eigenvalue weighted by molar-refractivity contribution is 0.298. The van der Waals surface area contributed by atoms with E-state index in [0.29, 0.717) is 11.4 Å². The Balaban J connectivity index is 2.76. The van der Waals surface area contributed by atoms with Crippen LogP contribution in [0.4, 0.5) is 0 Å². The smallest absolute Gasteiger partial charge is 0.0715 e. The summed E-state index contributed by atoms with van der Waals surface area (Å²) < 4.78 is 2.02. The number of rotatable bonds is 3. The highest BCUT2D eigenvalue weighted by Gasteiger charge is 2.11. The second kappa shape index (κ2) is 4.32. The normalized spacial score (nSPS) is 10.9. The zero-order valence-corrected chi connectivity index (χ0v) is 9.96. The van der Waals surface area contributed by atoms with Gasteiger partial charge in [-0.3, -0.25) is 0 Å². The minimum absolute atomic E-state index is 0.133. The van der Waals surface area contributed by atoms with Crippen molar-refractivity contribution < 1.29 is 5.11 Å². The van der Waals surface area contributed by atoms with Crippen molar-refractivity contribution in [2.45, 2.75) is 13.3 Å². The van der Waals surface area contributed by atoms with Crippen LogP contribution in [0.3, 0.4) is 0 Å². The lowest BCUT2D eigenvalue weighted by Crippen LogP contribution is -1.95. The lowest BCUT2D eigenvalue weighted by Gasteiger charge is -2.03. The molecule has 2 aromatic rings. The molecule has 0 amide bonds. The number of pyridine rings is 1. The average Bonchev–Trinajstić information content (AvgIpc) is 2.60. The third-order valence-corrected chi connectivity index (χ3v) is 2.95. The number of aliphatic hydroxyl groups is 1. The Kier molecular flexibility index (Phi) is 3.03. The van der Waals surface area contributed by atoms with E-state index in [-0.39, 0.29) is 6.61 Å². The number of allylic oxidation sites excluding steroid dienone is 1. The Bertz CT molecular complexity index is 542. The predicted octanol–water partition coefficient (Wildman–Crippen LogP) is 3.16. The fraction of sp³-hybridized carbons (Fsp3) is 0.231. The highest BCUT2D eigenvalue weighted by atomic mass is 35.5. The molecule has 84 valence electrons. The third kappa shape index (κ3) is 1.75. The molecule has 0 saturated heterocycles. The van der Waals surface area contributed by atoms with Gasteiger partial charge in [0.2, 0.25) is 0 Å². The minimum Gasteiger partial charge on any atom is -0.396 e. The fourth-order valence-electron chi connectivity index (χ4n) is 1.92. The maximum absolute atomic E-state index is 9.03. The SMILES string of the molecule is C=C(C)c1cc(CCO)n2cccc(Cl)c12. The average molecular weight is 236 g/mol. The van der Waals surface area contributed by atoms with E-state index in [1.54, 1.807) is 0 Å². The molecule has 2 aromatic heterocycles. The molecular formula is C13H14ClNO. The van der Waals surface area contributed by atoms with Crippen LogP contribution in [0, 0.1) is 0 Å². The molecule has 0 saturated carbocycles. The maximum atomic E-state index is 9.03. The Hall–Kier alpha value is -1.25. The summed E-state index contributed by atoms with van der Waals surface area (Å²) in [6, 6.07) is 5.81. The topological polar surface area (TPSA) is 24.6 Å². The van der Waals surface area contributed by atoms with Crippen LogP contribution in [0.2, 0.25) is 5.02 Å². The number of aliphatic hydroxyl groups excluding tert-OH is 1. The van der Waals surface area contributed by atoms with E-state index in [1.807, 2.05) is 35.7 Å². The van der Waals surface area contributed by atoms with Crippen LogP contribution in [0.5, 0.6) is 0 Å². The number of hydrogen-bond acceptors (Lipinski definition) is 1. The molecule has 0 aromatic carbocycles. The molecule has 0 atom stereocenters. The lowest BCUT2D eigenvalue weighted by atomic mass is 10.1. The van der Waals surface area contributed by atoms with E-state index < -0.39 is 0 Å². The quantitative estimate of drug-likeness (QED) is 0.869. The molecule has 16 heavy (non-hydrogen) atoms. The minimum atomic E-state index is 0.133. The van der Waals surface area contributed by atoms with Crippen molar-refractivity contribution in [3.63, 3.8) is 0 Å². The molecule has 2 heterocycles. The maximum Gasteiger partial charge on any atom is 0.0715 e. The third-order valence-electron chi connectivity index (χ3n) is 2.65. The zero-order chi connectivity index (χ0) is 11.7. The molecule has 0 aliphatic heterocycles. The molecular weight excluding hydrogens is 222 g/mol. The van der Waals surface area contributed by atoms with Crippen molar-refractivity contribution in [2.75, 3.05) is 6.61 Å². The second-order valence-corrected chi connectivity index (χ2v) is 4.29. The van der Waals surface area contributed by atoms with Crippen LogP contribution in [0.25, 0.3) is 11.1 Å². The summed E-state index contributed by atoms with van der Waals surface area (Å²) in [4.78, 5) is 0. The number of hydrogen-bond donors (Lipinski definition) is 1. The van der Waals surface area contributed by atoms with Crippen molar-refractivity contribution in [1.82, 2.24) is 4.40 Å². The van der Waals surface area contributed by atoms with Crippen molar-refractivity contribution in [3.8, 4) is 0 Å². The van der Waals surface area contributed by atoms with Gasteiger partial charge in [0.25, 0.3) is 0 Å². The first-order valence-corrected chi connectivity index (χ1v) is 5.58. The van der Waals surface area contributed by atoms with E-state index >= 15 is 0 Å². The molecule has 0 fully saturated rings. The second-order valence-electron chi connectivity index (χ2n) is 3.88. The van der Waals surface area contributed by atoms with Gasteiger partial charge < -0.3 is 9.51 Å². The van der Waals surface area contributed by atoms with Crippen LogP contribution >= 0.6 is 11.6 Å². The Morgan fingerprint density at radius 3 is 2.94 bits per heavy atom. The van der Waals surface area contributed by atoms with Gasteiger partial charge in [0.1, 0.15) is 0 Å². The Morgan fingerprint density at radius 1 is 1.56 bits per heavy atom. The summed E-state index contributed by atoms with van der Waals surface area (Å²) in [6.07, 6.45) is 2.58. The predicted molar refractivity (Wildman–Crippen MR) is 67.9 cm³/mol. The van der Waals surface area contributed by atoms with Gasteiger partial charge in [-0.05, 0) is 30.7 Å². The van der Waals surface area contributed by atoms with Crippen molar-refractivity contribution in [3.05, 3.63) is 47.3 Å². The zero-order valence-electron chi connectivity index (χ0n) is 9.20. The Morgan fingerprint density at radius 2 is 2.31 bits per heavy atom. The number of fused-ring (bicyclic) bond motifs is 1. The molecule has 2 nitrogen and oxygen atoms in total. The van der Waals surface area contributed by atoms with Gasteiger partial charge in [-0.1, -0.05) is 18.2 Å². The first-order chi connectivity index (χ1) is 7.65. The summed E-state index contributed by atoms with van der Waals surface area (Å²) in [5.41, 5.74) is 4.06. The van der Waals surface area contributed by atoms with Crippen LogP contribution < -0.4 is 0 Å². The first-order valence-electron chi connectivity index (χ1n) is 5.20. The van der Waals surface area contributed by atoms with E-state index in [1.165, 1.54) is 0 Å². The molecule has 0 aliphatic carbocycles. The van der Waals surface area contributed by atoms with Gasteiger partial charge in [-0.15, -0.1) is 0 Å². The summed E-state index contributed by atoms with van der Waals surface area (Å²) in [5, 5.41) is 9.74. The molecule has 3 heteroatoms.